The largest absolute Gasteiger partial charge is 0.362 e. The molecule has 0 atom stereocenters. The summed E-state index contributed by atoms with van der Waals surface area (Å²) < 4.78 is 5.03. The van der Waals surface area contributed by atoms with Crippen molar-refractivity contribution in [3.8, 4) is 0 Å². The lowest BCUT2D eigenvalue weighted by molar-refractivity contribution is -0.133. The maximum atomic E-state index is 11.7. The second-order valence-electron chi connectivity index (χ2n) is 5.67. The number of benzene rings is 2. The van der Waals surface area contributed by atoms with Crippen LogP contribution >= 0.6 is 0 Å². The number of ether oxygens (including phenoxy) is 1. The minimum atomic E-state index is -0.547. The van der Waals surface area contributed by atoms with Crippen LogP contribution in [0.1, 0.15) is 11.1 Å². The van der Waals surface area contributed by atoms with Crippen LogP contribution in [-0.2, 0) is 25.5 Å². The number of hydrogen-bond acceptors (Lipinski definition) is 4. The molecule has 3 N–H and O–H groups in total. The van der Waals surface area contributed by atoms with Crippen LogP contribution in [0.2, 0.25) is 0 Å². The van der Waals surface area contributed by atoms with Gasteiger partial charge in [-0.05, 0) is 24.6 Å². The molecule has 0 heterocycles. The van der Waals surface area contributed by atoms with Crippen LogP contribution in [0.25, 0.3) is 0 Å². The number of nitrogens with one attached hydrogen (secondary N) is 3. The third kappa shape index (κ3) is 7.14. The van der Waals surface area contributed by atoms with Crippen LogP contribution in [0.3, 0.4) is 0 Å². The van der Waals surface area contributed by atoms with Crippen LogP contribution in [0, 0.1) is 6.92 Å². The number of aryl methyl sites for hydroxylation is 1. The second-order valence-corrected chi connectivity index (χ2v) is 5.67. The van der Waals surface area contributed by atoms with Gasteiger partial charge in [-0.25, -0.2) is 0 Å². The summed E-state index contributed by atoms with van der Waals surface area (Å²) in [6.07, 6.45) is 0.154. The molecule has 7 heteroatoms. The van der Waals surface area contributed by atoms with Gasteiger partial charge in [0.2, 0.25) is 11.8 Å². The lowest BCUT2D eigenvalue weighted by atomic mass is 10.1. The highest BCUT2D eigenvalue weighted by Crippen LogP contribution is 2.08. The van der Waals surface area contributed by atoms with Gasteiger partial charge in [0.15, 0.2) is 0 Å². The molecule has 0 unspecified atom stereocenters. The lowest BCUT2D eigenvalue weighted by Gasteiger charge is -2.08. The summed E-state index contributed by atoms with van der Waals surface area (Å²) in [6, 6.07) is 16.5. The van der Waals surface area contributed by atoms with Crippen molar-refractivity contribution in [3.63, 3.8) is 0 Å². The Morgan fingerprint density at radius 3 is 2.12 bits per heavy atom. The fourth-order valence-corrected chi connectivity index (χ4v) is 2.07. The standard InChI is InChI=1S/C19H21N3O4/c1-14-7-9-16(10-8-14)20-18(24)12-26-13-19(25)22-21-17(23)11-15-5-3-2-4-6-15/h2-10H,11-13H2,1H3,(H,20,24)(H,21,23)(H,22,25). The summed E-state index contributed by atoms with van der Waals surface area (Å²) in [5, 5.41) is 2.66. The van der Waals surface area contributed by atoms with Crippen molar-refractivity contribution >= 4 is 23.4 Å². The maximum Gasteiger partial charge on any atom is 0.264 e. The first kappa shape index (κ1) is 19.1. The molecule has 0 saturated carbocycles. The molecule has 0 aromatic heterocycles. The van der Waals surface area contributed by atoms with Crippen molar-refractivity contribution in [2.45, 2.75) is 13.3 Å². The number of carbonyl (C=O) groups is 3. The van der Waals surface area contributed by atoms with E-state index in [-0.39, 0.29) is 31.4 Å². The molecule has 0 saturated heterocycles. The van der Waals surface area contributed by atoms with Gasteiger partial charge in [-0.3, -0.25) is 25.2 Å². The van der Waals surface area contributed by atoms with Gasteiger partial charge in [-0.2, -0.15) is 0 Å². The Hall–Kier alpha value is -3.19. The van der Waals surface area contributed by atoms with Crippen molar-refractivity contribution in [2.24, 2.45) is 0 Å². The van der Waals surface area contributed by atoms with E-state index < -0.39 is 5.91 Å². The number of anilines is 1. The van der Waals surface area contributed by atoms with E-state index in [1.165, 1.54) is 0 Å². The van der Waals surface area contributed by atoms with Crippen LogP contribution in [0.5, 0.6) is 0 Å². The van der Waals surface area contributed by atoms with Crippen molar-refractivity contribution in [1.82, 2.24) is 10.9 Å². The summed E-state index contributed by atoms with van der Waals surface area (Å²) in [4.78, 5) is 35.0. The Labute approximate surface area is 151 Å². The first-order chi connectivity index (χ1) is 12.5. The fraction of sp³-hybridized carbons (Fsp3) is 0.211. The van der Waals surface area contributed by atoms with Gasteiger partial charge in [0, 0.05) is 5.69 Å². The minimum absolute atomic E-state index is 0.154. The van der Waals surface area contributed by atoms with Crippen LogP contribution in [0.15, 0.2) is 54.6 Å². The summed E-state index contributed by atoms with van der Waals surface area (Å²) in [5.74, 6) is -1.26. The van der Waals surface area contributed by atoms with Gasteiger partial charge >= 0.3 is 0 Å². The molecule has 2 rings (SSSR count). The smallest absolute Gasteiger partial charge is 0.264 e. The van der Waals surface area contributed by atoms with Gasteiger partial charge in [0.25, 0.3) is 5.91 Å². The number of hydrazine groups is 1. The average molecular weight is 355 g/mol. The molecule has 2 aromatic rings. The molecule has 7 nitrogen and oxygen atoms in total. The monoisotopic (exact) mass is 355 g/mol. The Morgan fingerprint density at radius 1 is 0.808 bits per heavy atom. The summed E-state index contributed by atoms with van der Waals surface area (Å²) in [6.45, 7) is 1.35. The topological polar surface area (TPSA) is 96.5 Å². The maximum absolute atomic E-state index is 11.7. The third-order valence-electron chi connectivity index (χ3n) is 3.35. The van der Waals surface area contributed by atoms with Crippen LogP contribution in [0.4, 0.5) is 5.69 Å². The molecule has 0 fully saturated rings. The molecule has 136 valence electrons. The molecule has 0 spiro atoms. The molecule has 0 aliphatic heterocycles. The Balaban J connectivity index is 1.60. The van der Waals surface area contributed by atoms with E-state index in [0.29, 0.717) is 5.69 Å². The highest BCUT2D eigenvalue weighted by Gasteiger charge is 2.08. The van der Waals surface area contributed by atoms with Crippen molar-refractivity contribution in [2.75, 3.05) is 18.5 Å². The van der Waals surface area contributed by atoms with Crippen LogP contribution < -0.4 is 16.2 Å². The Morgan fingerprint density at radius 2 is 1.42 bits per heavy atom. The van der Waals surface area contributed by atoms with E-state index in [4.69, 9.17) is 4.74 Å². The number of carbonyl (C=O) groups excluding carboxylic acids is 3. The summed E-state index contributed by atoms with van der Waals surface area (Å²) in [5.41, 5.74) is 7.11. The van der Waals surface area contributed by atoms with Gasteiger partial charge in [0.1, 0.15) is 13.2 Å². The van der Waals surface area contributed by atoms with Crippen molar-refractivity contribution < 1.29 is 19.1 Å². The summed E-state index contributed by atoms with van der Waals surface area (Å²) >= 11 is 0. The number of rotatable bonds is 7. The van der Waals surface area contributed by atoms with E-state index in [0.717, 1.165) is 11.1 Å². The molecule has 0 aliphatic rings. The number of amides is 3. The lowest BCUT2D eigenvalue weighted by Crippen LogP contribution is -2.44. The van der Waals surface area contributed by atoms with Gasteiger partial charge in [-0.15, -0.1) is 0 Å². The normalized spacial score (nSPS) is 10.0. The molecule has 26 heavy (non-hydrogen) atoms. The fourth-order valence-electron chi connectivity index (χ4n) is 2.07. The van der Waals surface area contributed by atoms with E-state index in [1.807, 2.05) is 49.4 Å². The zero-order valence-electron chi connectivity index (χ0n) is 14.5. The molecular formula is C19H21N3O4. The molecule has 3 amide bonds. The summed E-state index contributed by atoms with van der Waals surface area (Å²) in [7, 11) is 0. The molecule has 0 aliphatic carbocycles. The highest BCUT2D eigenvalue weighted by molar-refractivity contribution is 5.92. The predicted octanol–water partition coefficient (Wildman–Crippen LogP) is 1.34. The SMILES string of the molecule is Cc1ccc(NC(=O)COCC(=O)NNC(=O)Cc2ccccc2)cc1. The Kier molecular flexibility index (Phi) is 7.32. The van der Waals surface area contributed by atoms with Crippen molar-refractivity contribution in [3.05, 3.63) is 65.7 Å². The van der Waals surface area contributed by atoms with Gasteiger partial charge in [0.05, 0.1) is 6.42 Å². The van der Waals surface area contributed by atoms with E-state index >= 15 is 0 Å². The number of hydrogen-bond donors (Lipinski definition) is 3. The molecule has 2 aromatic carbocycles. The zero-order valence-corrected chi connectivity index (χ0v) is 14.5. The van der Waals surface area contributed by atoms with E-state index in [9.17, 15) is 14.4 Å². The first-order valence-corrected chi connectivity index (χ1v) is 8.09. The third-order valence-corrected chi connectivity index (χ3v) is 3.35. The van der Waals surface area contributed by atoms with Crippen LogP contribution in [-0.4, -0.2) is 30.9 Å². The molecular weight excluding hydrogens is 334 g/mol. The van der Waals surface area contributed by atoms with Gasteiger partial charge < -0.3 is 10.1 Å². The first-order valence-electron chi connectivity index (χ1n) is 8.09. The minimum Gasteiger partial charge on any atom is -0.362 e. The zero-order chi connectivity index (χ0) is 18.8. The average Bonchev–Trinajstić information content (AvgIpc) is 2.63. The second kappa shape index (κ2) is 9.95. The predicted molar refractivity (Wildman–Crippen MR) is 97.1 cm³/mol. The van der Waals surface area contributed by atoms with E-state index in [2.05, 4.69) is 16.2 Å². The molecule has 0 radical (unpaired) electrons. The van der Waals surface area contributed by atoms with E-state index in [1.54, 1.807) is 12.1 Å². The Bertz CT molecular complexity index is 745. The molecule has 0 bridgehead atoms. The quantitative estimate of drug-likeness (QED) is 0.653. The highest BCUT2D eigenvalue weighted by atomic mass is 16.5. The van der Waals surface area contributed by atoms with Gasteiger partial charge in [-0.1, -0.05) is 48.0 Å². The van der Waals surface area contributed by atoms with Crippen molar-refractivity contribution in [1.29, 1.82) is 0 Å².